The van der Waals surface area contributed by atoms with Crippen LogP contribution in [0.1, 0.15) is 64.1 Å². The number of nitrogens with zero attached hydrogens (tertiary/aromatic N) is 3. The molecule has 2 fully saturated rings. The predicted molar refractivity (Wildman–Crippen MR) is 193 cm³/mol. The Morgan fingerprint density at radius 2 is 1.57 bits per heavy atom. The minimum atomic E-state index is -0.0911. The van der Waals surface area contributed by atoms with Gasteiger partial charge in [0.1, 0.15) is 11.5 Å². The summed E-state index contributed by atoms with van der Waals surface area (Å²) >= 11 is 0. The minimum absolute atomic E-state index is 0.0480. The van der Waals surface area contributed by atoms with E-state index < -0.39 is 0 Å². The second-order valence-electron chi connectivity index (χ2n) is 13.1. The third-order valence-electron chi connectivity index (χ3n) is 9.41. The fraction of sp³-hybridized carbons (Fsp3) is 0.410. The Morgan fingerprint density at radius 1 is 0.837 bits per heavy atom. The van der Waals surface area contributed by atoms with Crippen LogP contribution in [0.15, 0.2) is 83.5 Å². The number of aliphatic hydroxyl groups is 1. The molecule has 10 heteroatoms. The molecule has 0 radical (unpaired) electrons. The van der Waals surface area contributed by atoms with Gasteiger partial charge in [-0.05, 0) is 105 Å². The number of anilines is 2. The number of aromatic nitrogens is 1. The maximum atomic E-state index is 12.7. The van der Waals surface area contributed by atoms with Gasteiger partial charge in [0, 0.05) is 93.6 Å². The number of hydrogen-bond donors (Lipinski definition) is 4. The van der Waals surface area contributed by atoms with Crippen LogP contribution >= 0.6 is 0 Å². The van der Waals surface area contributed by atoms with Crippen molar-refractivity contribution in [1.82, 2.24) is 20.5 Å². The summed E-state index contributed by atoms with van der Waals surface area (Å²) in [6, 6.07) is 21.4. The van der Waals surface area contributed by atoms with Crippen LogP contribution in [0.5, 0.6) is 0 Å². The molecule has 4 aromatic rings. The van der Waals surface area contributed by atoms with Gasteiger partial charge in [0.15, 0.2) is 0 Å². The topological polar surface area (TPSA) is 123 Å². The van der Waals surface area contributed by atoms with E-state index in [1.165, 1.54) is 18.5 Å². The van der Waals surface area contributed by atoms with Gasteiger partial charge in [0.25, 0.3) is 11.8 Å². The summed E-state index contributed by atoms with van der Waals surface area (Å²) in [7, 11) is 0. The highest BCUT2D eigenvalue weighted by molar-refractivity contribution is 5.95. The number of rotatable bonds is 15. The number of aliphatic hydroxyl groups excluding tert-OH is 1. The molecule has 2 aliphatic heterocycles. The number of hydrogen-bond acceptors (Lipinski definition) is 8. The molecule has 0 spiro atoms. The van der Waals surface area contributed by atoms with Gasteiger partial charge >= 0.3 is 0 Å². The lowest BCUT2D eigenvalue weighted by Gasteiger charge is -2.31. The summed E-state index contributed by atoms with van der Waals surface area (Å²) in [5.41, 5.74) is 5.35. The first-order valence-electron chi connectivity index (χ1n) is 17.7. The number of carbonyl (C=O) groups excluding carboxylic acids is 2. The highest BCUT2D eigenvalue weighted by Gasteiger charge is 2.19. The molecule has 0 saturated carbocycles. The van der Waals surface area contributed by atoms with Gasteiger partial charge in [0.05, 0.1) is 5.69 Å². The summed E-state index contributed by atoms with van der Waals surface area (Å²) in [6.07, 6.45) is 9.66. The van der Waals surface area contributed by atoms with Gasteiger partial charge in [0.2, 0.25) is 0 Å². The van der Waals surface area contributed by atoms with Crippen LogP contribution in [0.3, 0.4) is 0 Å². The molecule has 1 unspecified atom stereocenters. The SMILES string of the molecule is O=C(NCCCNc1cncc(Cc2ccc(-c3ccc(C(=O)NCCN4CCCC(CO)C4)cc3)o2)c1)c1ccc(N2CCCC2)cc1. The molecule has 0 bridgehead atoms. The number of amides is 2. The predicted octanol–water partition coefficient (Wildman–Crippen LogP) is 5.20. The summed E-state index contributed by atoms with van der Waals surface area (Å²) in [4.78, 5) is 34.3. The normalized spacial score (nSPS) is 16.4. The lowest BCUT2D eigenvalue weighted by Crippen LogP contribution is -2.41. The first-order chi connectivity index (χ1) is 24.0. The number of carbonyl (C=O) groups is 2. The standard InChI is InChI=1S/C39H48N6O4/c46-28-29-5-3-19-44(27-29)22-18-43-39(48)32-8-6-31(7-9-32)37-15-14-36(49-37)24-30-23-34(26-40-25-30)41-16-4-17-42-38(47)33-10-12-35(13-11-33)45-20-1-2-21-45/h6-15,23,25-26,29,41,46H,1-5,16-22,24,27-28H2,(H,42,47)(H,43,48). The van der Waals surface area contributed by atoms with Crippen molar-refractivity contribution >= 4 is 23.2 Å². The number of pyridine rings is 1. The van der Waals surface area contributed by atoms with Crippen LogP contribution in [0.2, 0.25) is 0 Å². The molecule has 2 saturated heterocycles. The molecule has 4 heterocycles. The van der Waals surface area contributed by atoms with Crippen molar-refractivity contribution in [2.75, 3.05) is 69.2 Å². The van der Waals surface area contributed by atoms with Gasteiger partial charge in [-0.3, -0.25) is 14.6 Å². The molecule has 1 atom stereocenters. The Bertz CT molecular complexity index is 1650. The van der Waals surface area contributed by atoms with E-state index in [4.69, 9.17) is 4.42 Å². The zero-order valence-corrected chi connectivity index (χ0v) is 28.2. The van der Waals surface area contributed by atoms with Gasteiger partial charge < -0.3 is 35.3 Å². The van der Waals surface area contributed by atoms with Crippen molar-refractivity contribution in [1.29, 1.82) is 0 Å². The van der Waals surface area contributed by atoms with E-state index in [1.807, 2.05) is 66.9 Å². The van der Waals surface area contributed by atoms with Gasteiger partial charge in [-0.15, -0.1) is 0 Å². The van der Waals surface area contributed by atoms with Crippen molar-refractivity contribution in [3.63, 3.8) is 0 Å². The van der Waals surface area contributed by atoms with Crippen LogP contribution in [0, 0.1) is 5.92 Å². The molecule has 10 nitrogen and oxygen atoms in total. The summed E-state index contributed by atoms with van der Waals surface area (Å²) in [5, 5.41) is 18.9. The number of likely N-dealkylation sites (tertiary alicyclic amines) is 1. The molecule has 0 aliphatic carbocycles. The maximum absolute atomic E-state index is 12.7. The fourth-order valence-corrected chi connectivity index (χ4v) is 6.65. The Kier molecular flexibility index (Phi) is 12.0. The molecule has 6 rings (SSSR count). The zero-order chi connectivity index (χ0) is 33.8. The number of benzene rings is 2. The van der Waals surface area contributed by atoms with E-state index in [0.717, 1.165) is 80.3 Å². The average Bonchev–Trinajstić information content (AvgIpc) is 3.85. The Balaban J connectivity index is 0.908. The first kappa shape index (κ1) is 34.2. The Hall–Kier alpha value is -4.67. The number of piperidine rings is 1. The number of nitrogens with one attached hydrogen (secondary N) is 3. The first-order valence-corrected chi connectivity index (χ1v) is 17.7. The van der Waals surface area contributed by atoms with Crippen molar-refractivity contribution in [3.05, 3.63) is 102 Å². The van der Waals surface area contributed by atoms with E-state index >= 15 is 0 Å². The lowest BCUT2D eigenvalue weighted by atomic mass is 9.99. The quantitative estimate of drug-likeness (QED) is 0.128. The highest BCUT2D eigenvalue weighted by Crippen LogP contribution is 2.25. The van der Waals surface area contributed by atoms with E-state index in [0.29, 0.717) is 43.1 Å². The van der Waals surface area contributed by atoms with Crippen molar-refractivity contribution in [2.45, 2.75) is 38.5 Å². The van der Waals surface area contributed by atoms with Gasteiger partial charge in [-0.1, -0.05) is 12.1 Å². The van der Waals surface area contributed by atoms with Crippen LogP contribution in [0.4, 0.5) is 11.4 Å². The van der Waals surface area contributed by atoms with Crippen LogP contribution < -0.4 is 20.9 Å². The average molecular weight is 665 g/mol. The molecule has 2 aromatic carbocycles. The highest BCUT2D eigenvalue weighted by atomic mass is 16.3. The molecule has 2 aromatic heterocycles. The molecule has 258 valence electrons. The zero-order valence-electron chi connectivity index (χ0n) is 28.2. The van der Waals surface area contributed by atoms with Crippen molar-refractivity contribution in [2.24, 2.45) is 5.92 Å². The Morgan fingerprint density at radius 3 is 2.33 bits per heavy atom. The molecule has 4 N–H and O–H groups in total. The summed E-state index contributed by atoms with van der Waals surface area (Å²) < 4.78 is 6.15. The smallest absolute Gasteiger partial charge is 0.251 e. The largest absolute Gasteiger partial charge is 0.461 e. The fourth-order valence-electron chi connectivity index (χ4n) is 6.65. The second kappa shape index (κ2) is 17.1. The van der Waals surface area contributed by atoms with E-state index in [9.17, 15) is 14.7 Å². The summed E-state index contributed by atoms with van der Waals surface area (Å²) in [5.74, 6) is 1.78. The lowest BCUT2D eigenvalue weighted by molar-refractivity contribution is 0.0928. The third-order valence-corrected chi connectivity index (χ3v) is 9.41. The minimum Gasteiger partial charge on any atom is -0.461 e. The molecule has 49 heavy (non-hydrogen) atoms. The van der Waals surface area contributed by atoms with Crippen LogP contribution in [-0.2, 0) is 6.42 Å². The molecular formula is C39H48N6O4. The molecular weight excluding hydrogens is 616 g/mol. The number of furan rings is 1. The van der Waals surface area contributed by atoms with Gasteiger partial charge in [-0.25, -0.2) is 0 Å². The second-order valence-corrected chi connectivity index (χ2v) is 13.1. The van der Waals surface area contributed by atoms with Gasteiger partial charge in [-0.2, -0.15) is 0 Å². The molecule has 2 aliphatic rings. The third kappa shape index (κ3) is 9.70. The van der Waals surface area contributed by atoms with Crippen molar-refractivity contribution in [3.8, 4) is 11.3 Å². The Labute approximate surface area is 288 Å². The van der Waals surface area contributed by atoms with Crippen LogP contribution in [-0.4, -0.2) is 85.8 Å². The van der Waals surface area contributed by atoms with E-state index in [-0.39, 0.29) is 18.4 Å². The van der Waals surface area contributed by atoms with E-state index in [2.05, 4.69) is 36.8 Å². The van der Waals surface area contributed by atoms with Crippen molar-refractivity contribution < 1.29 is 19.1 Å². The maximum Gasteiger partial charge on any atom is 0.251 e. The molecule has 2 amide bonds. The summed E-state index contributed by atoms with van der Waals surface area (Å²) in [6.45, 7) is 6.99. The van der Waals surface area contributed by atoms with E-state index in [1.54, 1.807) is 6.20 Å². The van der Waals surface area contributed by atoms with Crippen LogP contribution in [0.25, 0.3) is 11.3 Å². The monoisotopic (exact) mass is 664 g/mol.